The molecular weight excluding hydrogens is 200 g/mol. The highest BCUT2D eigenvalue weighted by molar-refractivity contribution is 8.00. The Bertz CT molecular complexity index is 393. The summed E-state index contributed by atoms with van der Waals surface area (Å²) in [5, 5.41) is 8.05. The number of aryl methyl sites for hydroxylation is 1. The van der Waals surface area contributed by atoms with E-state index < -0.39 is 0 Å². The molecule has 78 valence electrons. The van der Waals surface area contributed by atoms with Crippen molar-refractivity contribution in [3.05, 3.63) is 16.0 Å². The third-order valence-electron chi connectivity index (χ3n) is 1.42. The Morgan fingerprint density at radius 3 is 2.43 bits per heavy atom. The summed E-state index contributed by atoms with van der Waals surface area (Å²) in [5.41, 5.74) is 0.0116. The summed E-state index contributed by atoms with van der Waals surface area (Å²) < 4.78 is 0.996. The van der Waals surface area contributed by atoms with Gasteiger partial charge >= 0.3 is 0 Å². The van der Waals surface area contributed by atoms with Gasteiger partial charge in [0.2, 0.25) is 5.16 Å². The summed E-state index contributed by atoms with van der Waals surface area (Å²) in [7, 11) is 0. The van der Waals surface area contributed by atoms with Gasteiger partial charge in [0, 0.05) is 4.75 Å². The van der Waals surface area contributed by atoms with Crippen LogP contribution in [0.5, 0.6) is 0 Å². The SMILES string of the molecule is Cc1nnc(SC(C)(C)C)n(N)c1=O. The van der Waals surface area contributed by atoms with Crippen molar-refractivity contribution in [2.45, 2.75) is 37.6 Å². The maximum Gasteiger partial charge on any atom is 0.294 e. The molecule has 2 N–H and O–H groups in total. The smallest absolute Gasteiger partial charge is 0.294 e. The van der Waals surface area contributed by atoms with E-state index in [2.05, 4.69) is 10.2 Å². The average molecular weight is 214 g/mol. The van der Waals surface area contributed by atoms with Gasteiger partial charge in [0.05, 0.1) is 0 Å². The molecular formula is C8H14N4OS. The third-order valence-corrected chi connectivity index (χ3v) is 2.49. The predicted molar refractivity (Wildman–Crippen MR) is 56.8 cm³/mol. The Labute approximate surface area is 86.7 Å². The zero-order chi connectivity index (χ0) is 10.9. The highest BCUT2D eigenvalue weighted by Gasteiger charge is 2.17. The molecule has 0 aliphatic rings. The van der Waals surface area contributed by atoms with Crippen LogP contribution in [0.15, 0.2) is 9.95 Å². The van der Waals surface area contributed by atoms with Gasteiger partial charge in [-0.1, -0.05) is 32.5 Å². The van der Waals surface area contributed by atoms with Gasteiger partial charge in [-0.25, -0.2) is 0 Å². The molecule has 5 nitrogen and oxygen atoms in total. The Balaban J connectivity index is 3.13. The Hall–Kier alpha value is -1.04. The number of nitrogens with two attached hydrogens (primary N) is 1. The van der Waals surface area contributed by atoms with Crippen LogP contribution in [-0.4, -0.2) is 19.6 Å². The lowest BCUT2D eigenvalue weighted by Crippen LogP contribution is -2.33. The second-order valence-electron chi connectivity index (χ2n) is 3.96. The largest absolute Gasteiger partial charge is 0.334 e. The van der Waals surface area contributed by atoms with Gasteiger partial charge in [0.25, 0.3) is 5.56 Å². The molecule has 0 aromatic carbocycles. The molecule has 0 unspecified atom stereocenters. The van der Waals surface area contributed by atoms with Gasteiger partial charge < -0.3 is 5.84 Å². The monoisotopic (exact) mass is 214 g/mol. The van der Waals surface area contributed by atoms with Crippen LogP contribution < -0.4 is 11.4 Å². The maximum atomic E-state index is 11.4. The molecule has 0 saturated heterocycles. The van der Waals surface area contributed by atoms with Gasteiger partial charge in [-0.3, -0.25) is 4.79 Å². The lowest BCUT2D eigenvalue weighted by Gasteiger charge is -2.17. The fourth-order valence-electron chi connectivity index (χ4n) is 0.813. The van der Waals surface area contributed by atoms with Crippen LogP contribution in [0.25, 0.3) is 0 Å². The number of hydrogen-bond donors (Lipinski definition) is 1. The maximum absolute atomic E-state index is 11.4. The molecule has 0 bridgehead atoms. The molecule has 1 rings (SSSR count). The lowest BCUT2D eigenvalue weighted by atomic mass is 10.3. The first kappa shape index (κ1) is 11.0. The number of aromatic nitrogens is 3. The second kappa shape index (κ2) is 3.61. The number of rotatable bonds is 1. The van der Waals surface area contributed by atoms with Crippen molar-refractivity contribution in [2.75, 3.05) is 5.84 Å². The Morgan fingerprint density at radius 1 is 1.36 bits per heavy atom. The first-order valence-electron chi connectivity index (χ1n) is 4.21. The van der Waals surface area contributed by atoms with Crippen molar-refractivity contribution in [1.82, 2.24) is 14.9 Å². The van der Waals surface area contributed by atoms with Crippen molar-refractivity contribution >= 4 is 11.8 Å². The van der Waals surface area contributed by atoms with E-state index in [1.807, 2.05) is 20.8 Å². The van der Waals surface area contributed by atoms with Crippen molar-refractivity contribution in [3.8, 4) is 0 Å². The summed E-state index contributed by atoms with van der Waals surface area (Å²) in [5.74, 6) is 5.57. The van der Waals surface area contributed by atoms with E-state index in [0.717, 1.165) is 4.68 Å². The standard InChI is InChI=1S/C8H14N4OS/c1-5-6(13)12(9)7(11-10-5)14-8(2,3)4/h9H2,1-4H3. The summed E-state index contributed by atoms with van der Waals surface area (Å²) in [6, 6.07) is 0. The number of thioether (sulfide) groups is 1. The molecule has 0 spiro atoms. The molecule has 1 aromatic heterocycles. The molecule has 14 heavy (non-hydrogen) atoms. The first-order valence-corrected chi connectivity index (χ1v) is 5.03. The van der Waals surface area contributed by atoms with E-state index >= 15 is 0 Å². The van der Waals surface area contributed by atoms with Gasteiger partial charge in [-0.15, -0.1) is 10.2 Å². The Kier molecular flexibility index (Phi) is 2.84. The average Bonchev–Trinajstić information content (AvgIpc) is 2.04. The van der Waals surface area contributed by atoms with Crippen LogP contribution in [0, 0.1) is 6.92 Å². The summed E-state index contributed by atoms with van der Waals surface area (Å²) in [6.45, 7) is 7.64. The van der Waals surface area contributed by atoms with E-state index in [4.69, 9.17) is 5.84 Å². The van der Waals surface area contributed by atoms with Crippen LogP contribution >= 0.6 is 11.8 Å². The molecule has 0 radical (unpaired) electrons. The van der Waals surface area contributed by atoms with E-state index in [1.165, 1.54) is 11.8 Å². The second-order valence-corrected chi connectivity index (χ2v) is 5.75. The van der Waals surface area contributed by atoms with Gasteiger partial charge in [0.15, 0.2) is 0 Å². The number of nitrogen functional groups attached to an aromatic ring is 1. The summed E-state index contributed by atoms with van der Waals surface area (Å²) >= 11 is 1.41. The molecule has 0 amide bonds. The minimum absolute atomic E-state index is 0.0441. The summed E-state index contributed by atoms with van der Waals surface area (Å²) in [6.07, 6.45) is 0. The molecule has 1 aromatic rings. The number of hydrogen-bond acceptors (Lipinski definition) is 5. The van der Waals surface area contributed by atoms with Crippen molar-refractivity contribution in [1.29, 1.82) is 0 Å². The van der Waals surface area contributed by atoms with Gasteiger partial charge in [0.1, 0.15) is 5.69 Å². The molecule has 0 saturated carbocycles. The van der Waals surface area contributed by atoms with E-state index in [-0.39, 0.29) is 10.3 Å². The highest BCUT2D eigenvalue weighted by Crippen LogP contribution is 2.28. The molecule has 0 fully saturated rings. The molecule has 1 heterocycles. The van der Waals surface area contributed by atoms with Crippen LogP contribution in [0.1, 0.15) is 26.5 Å². The summed E-state index contributed by atoms with van der Waals surface area (Å²) in [4.78, 5) is 11.4. The van der Waals surface area contributed by atoms with Gasteiger partial charge in [-0.05, 0) is 6.92 Å². The highest BCUT2D eigenvalue weighted by atomic mass is 32.2. The van der Waals surface area contributed by atoms with Gasteiger partial charge in [-0.2, -0.15) is 4.68 Å². The van der Waals surface area contributed by atoms with Crippen molar-refractivity contribution in [3.63, 3.8) is 0 Å². The zero-order valence-corrected chi connectivity index (χ0v) is 9.55. The third kappa shape index (κ3) is 2.47. The van der Waals surface area contributed by atoms with Crippen LogP contribution in [-0.2, 0) is 0 Å². The zero-order valence-electron chi connectivity index (χ0n) is 8.74. The predicted octanol–water partition coefficient (Wildman–Crippen LogP) is 0.551. The van der Waals surface area contributed by atoms with E-state index in [1.54, 1.807) is 6.92 Å². The van der Waals surface area contributed by atoms with Crippen LogP contribution in [0.4, 0.5) is 0 Å². The Morgan fingerprint density at radius 2 is 1.93 bits per heavy atom. The molecule has 6 heteroatoms. The number of nitrogens with zero attached hydrogens (tertiary/aromatic N) is 3. The minimum Gasteiger partial charge on any atom is -0.334 e. The van der Waals surface area contributed by atoms with Crippen molar-refractivity contribution < 1.29 is 0 Å². The topological polar surface area (TPSA) is 73.8 Å². The lowest BCUT2D eigenvalue weighted by molar-refractivity contribution is 0.670. The first-order chi connectivity index (χ1) is 6.31. The van der Waals surface area contributed by atoms with Crippen molar-refractivity contribution in [2.24, 2.45) is 0 Å². The fourth-order valence-corrected chi connectivity index (χ4v) is 1.62. The quantitative estimate of drug-likeness (QED) is 0.546. The van der Waals surface area contributed by atoms with E-state index in [0.29, 0.717) is 10.9 Å². The fraction of sp³-hybridized carbons (Fsp3) is 0.625. The minimum atomic E-state index is -0.299. The molecule has 0 atom stereocenters. The van der Waals surface area contributed by atoms with Crippen LogP contribution in [0.2, 0.25) is 0 Å². The molecule has 0 aliphatic carbocycles. The normalized spacial score (nSPS) is 11.7. The molecule has 0 aliphatic heterocycles. The van der Waals surface area contributed by atoms with E-state index in [9.17, 15) is 4.79 Å². The van der Waals surface area contributed by atoms with Crippen LogP contribution in [0.3, 0.4) is 0 Å².